The van der Waals surface area contributed by atoms with Crippen molar-refractivity contribution in [2.75, 3.05) is 39.4 Å². The van der Waals surface area contributed by atoms with Crippen LogP contribution in [0, 0.1) is 5.92 Å². The average molecular weight is 254 g/mol. The zero-order chi connectivity index (χ0) is 12.6. The molecule has 2 aliphatic rings. The van der Waals surface area contributed by atoms with E-state index in [1.165, 1.54) is 64.7 Å². The molecule has 0 bridgehead atoms. The average Bonchev–Trinajstić information content (AvgIpc) is 2.41. The second-order valence-electron chi connectivity index (χ2n) is 5.96. The number of ether oxygens (including phenoxy) is 1. The van der Waals surface area contributed by atoms with Gasteiger partial charge in [0, 0.05) is 32.3 Å². The Morgan fingerprint density at radius 2 is 1.94 bits per heavy atom. The highest BCUT2D eigenvalue weighted by Crippen LogP contribution is 2.17. The highest BCUT2D eigenvalue weighted by molar-refractivity contribution is 4.78. The molecule has 0 aromatic heterocycles. The van der Waals surface area contributed by atoms with Crippen LogP contribution >= 0.6 is 0 Å². The number of rotatable bonds is 6. The predicted octanol–water partition coefficient (Wildman–Crippen LogP) is 2.27. The number of nitrogens with zero attached hydrogens (tertiary/aromatic N) is 1. The Morgan fingerprint density at radius 1 is 1.11 bits per heavy atom. The lowest BCUT2D eigenvalue weighted by molar-refractivity contribution is 0.0506. The van der Waals surface area contributed by atoms with E-state index in [9.17, 15) is 0 Å². The molecule has 1 unspecified atom stereocenters. The summed E-state index contributed by atoms with van der Waals surface area (Å²) in [4.78, 5) is 2.69. The van der Waals surface area contributed by atoms with Crippen molar-refractivity contribution < 1.29 is 4.74 Å². The highest BCUT2D eigenvalue weighted by Gasteiger charge is 2.20. The largest absolute Gasteiger partial charge is 0.381 e. The molecule has 1 N–H and O–H groups in total. The van der Waals surface area contributed by atoms with Crippen molar-refractivity contribution in [1.29, 1.82) is 0 Å². The van der Waals surface area contributed by atoms with Gasteiger partial charge in [0.2, 0.25) is 0 Å². The lowest BCUT2D eigenvalue weighted by atomic mass is 9.98. The summed E-state index contributed by atoms with van der Waals surface area (Å²) in [6, 6.07) is 0.741. The van der Waals surface area contributed by atoms with Crippen LogP contribution in [0.15, 0.2) is 0 Å². The number of nitrogens with one attached hydrogen (secondary N) is 1. The van der Waals surface area contributed by atoms with Crippen molar-refractivity contribution in [3.05, 3.63) is 0 Å². The van der Waals surface area contributed by atoms with E-state index in [0.29, 0.717) is 0 Å². The van der Waals surface area contributed by atoms with Crippen LogP contribution in [0.2, 0.25) is 0 Å². The van der Waals surface area contributed by atoms with E-state index in [4.69, 9.17) is 4.74 Å². The molecular weight excluding hydrogens is 224 g/mol. The van der Waals surface area contributed by atoms with Gasteiger partial charge in [0.05, 0.1) is 0 Å². The second kappa shape index (κ2) is 8.13. The second-order valence-corrected chi connectivity index (χ2v) is 5.96. The van der Waals surface area contributed by atoms with Gasteiger partial charge >= 0.3 is 0 Å². The molecule has 2 saturated heterocycles. The third kappa shape index (κ3) is 4.87. The molecule has 0 aromatic carbocycles. The van der Waals surface area contributed by atoms with Crippen LogP contribution in [0.5, 0.6) is 0 Å². The van der Waals surface area contributed by atoms with Crippen LogP contribution in [-0.2, 0) is 4.74 Å². The van der Waals surface area contributed by atoms with Crippen molar-refractivity contribution >= 4 is 0 Å². The molecule has 3 heteroatoms. The molecule has 0 aromatic rings. The molecule has 3 nitrogen and oxygen atoms in total. The van der Waals surface area contributed by atoms with Crippen LogP contribution in [-0.4, -0.2) is 50.3 Å². The minimum atomic E-state index is 0.741. The maximum atomic E-state index is 5.46. The maximum Gasteiger partial charge on any atom is 0.0469 e. The maximum absolute atomic E-state index is 5.46. The van der Waals surface area contributed by atoms with E-state index in [0.717, 1.165) is 25.2 Å². The smallest absolute Gasteiger partial charge is 0.0469 e. The SMILES string of the molecule is CCCN(CC1CCOCC1)CC1CCCCN1. The third-order valence-corrected chi connectivity index (χ3v) is 4.29. The fourth-order valence-corrected chi connectivity index (χ4v) is 3.26. The van der Waals surface area contributed by atoms with Gasteiger partial charge < -0.3 is 15.0 Å². The Hall–Kier alpha value is -0.120. The van der Waals surface area contributed by atoms with E-state index in [-0.39, 0.29) is 0 Å². The van der Waals surface area contributed by atoms with E-state index in [1.807, 2.05) is 0 Å². The lowest BCUT2D eigenvalue weighted by Gasteiger charge is -2.33. The summed E-state index contributed by atoms with van der Waals surface area (Å²) in [5.41, 5.74) is 0. The molecule has 0 radical (unpaired) electrons. The summed E-state index contributed by atoms with van der Waals surface area (Å²) in [5.74, 6) is 0.869. The topological polar surface area (TPSA) is 24.5 Å². The number of hydrogen-bond acceptors (Lipinski definition) is 3. The molecule has 106 valence electrons. The molecule has 18 heavy (non-hydrogen) atoms. The van der Waals surface area contributed by atoms with Gasteiger partial charge in [-0.05, 0) is 51.1 Å². The lowest BCUT2D eigenvalue weighted by Crippen LogP contribution is -2.45. The van der Waals surface area contributed by atoms with Crippen molar-refractivity contribution in [2.24, 2.45) is 5.92 Å². The van der Waals surface area contributed by atoms with E-state index in [2.05, 4.69) is 17.1 Å². The van der Waals surface area contributed by atoms with E-state index >= 15 is 0 Å². The summed E-state index contributed by atoms with van der Waals surface area (Å²) in [6.07, 6.45) is 7.94. The van der Waals surface area contributed by atoms with Gasteiger partial charge in [-0.15, -0.1) is 0 Å². The summed E-state index contributed by atoms with van der Waals surface area (Å²) in [7, 11) is 0. The van der Waals surface area contributed by atoms with Crippen molar-refractivity contribution in [1.82, 2.24) is 10.2 Å². The predicted molar refractivity (Wildman–Crippen MR) is 75.9 cm³/mol. The van der Waals surface area contributed by atoms with Crippen molar-refractivity contribution in [3.8, 4) is 0 Å². The molecule has 2 rings (SSSR count). The van der Waals surface area contributed by atoms with Crippen molar-refractivity contribution in [3.63, 3.8) is 0 Å². The standard InChI is InChI=1S/C15H30N2O/c1-2-9-17(12-14-6-10-18-11-7-14)13-15-5-3-4-8-16-15/h14-16H,2-13H2,1H3. The first kappa shape index (κ1) is 14.3. The monoisotopic (exact) mass is 254 g/mol. The van der Waals surface area contributed by atoms with Crippen LogP contribution in [0.1, 0.15) is 45.4 Å². The van der Waals surface area contributed by atoms with Gasteiger partial charge in [-0.3, -0.25) is 0 Å². The van der Waals surface area contributed by atoms with Crippen LogP contribution in [0.4, 0.5) is 0 Å². The Kier molecular flexibility index (Phi) is 6.46. The first-order chi connectivity index (χ1) is 8.88. The van der Waals surface area contributed by atoms with Gasteiger partial charge in [0.1, 0.15) is 0 Å². The Bertz CT molecular complexity index is 191. The Labute approximate surface area is 112 Å². The molecule has 0 saturated carbocycles. The molecule has 2 fully saturated rings. The summed E-state index contributed by atoms with van der Waals surface area (Å²) in [6.45, 7) is 9.28. The quantitative estimate of drug-likeness (QED) is 0.787. The zero-order valence-corrected chi connectivity index (χ0v) is 12.0. The number of piperidine rings is 1. The molecule has 2 aliphatic heterocycles. The minimum absolute atomic E-state index is 0.741. The van der Waals surface area contributed by atoms with Crippen LogP contribution < -0.4 is 5.32 Å². The van der Waals surface area contributed by atoms with Gasteiger partial charge in [0.15, 0.2) is 0 Å². The number of hydrogen-bond donors (Lipinski definition) is 1. The molecule has 0 spiro atoms. The molecule has 0 amide bonds. The van der Waals surface area contributed by atoms with E-state index < -0.39 is 0 Å². The molecule has 0 aliphatic carbocycles. The molecule has 1 atom stereocenters. The first-order valence-corrected chi connectivity index (χ1v) is 7.92. The molecule has 2 heterocycles. The minimum Gasteiger partial charge on any atom is -0.381 e. The molecular formula is C15H30N2O. The van der Waals surface area contributed by atoms with E-state index in [1.54, 1.807) is 0 Å². The van der Waals surface area contributed by atoms with Gasteiger partial charge in [-0.2, -0.15) is 0 Å². The fourth-order valence-electron chi connectivity index (χ4n) is 3.26. The van der Waals surface area contributed by atoms with Gasteiger partial charge in [0.25, 0.3) is 0 Å². The van der Waals surface area contributed by atoms with Crippen LogP contribution in [0.3, 0.4) is 0 Å². The normalized spacial score (nSPS) is 26.7. The third-order valence-electron chi connectivity index (χ3n) is 4.29. The first-order valence-electron chi connectivity index (χ1n) is 7.92. The highest BCUT2D eigenvalue weighted by atomic mass is 16.5. The summed E-state index contributed by atoms with van der Waals surface area (Å²) < 4.78 is 5.46. The summed E-state index contributed by atoms with van der Waals surface area (Å²) in [5, 5.41) is 3.68. The Balaban J connectivity index is 1.74. The van der Waals surface area contributed by atoms with Crippen molar-refractivity contribution in [2.45, 2.75) is 51.5 Å². The fraction of sp³-hybridized carbons (Fsp3) is 1.00. The van der Waals surface area contributed by atoms with Gasteiger partial charge in [-0.1, -0.05) is 13.3 Å². The Morgan fingerprint density at radius 3 is 2.61 bits per heavy atom. The van der Waals surface area contributed by atoms with Gasteiger partial charge in [-0.25, -0.2) is 0 Å². The summed E-state index contributed by atoms with van der Waals surface area (Å²) >= 11 is 0. The van der Waals surface area contributed by atoms with Crippen LogP contribution in [0.25, 0.3) is 0 Å². The zero-order valence-electron chi connectivity index (χ0n) is 12.0.